The summed E-state index contributed by atoms with van der Waals surface area (Å²) in [6.07, 6.45) is 0. The van der Waals surface area contributed by atoms with Crippen LogP contribution < -0.4 is 10.2 Å². The number of nitrogens with zero attached hydrogens (tertiary/aromatic N) is 4. The number of nitrogens with one attached hydrogen (secondary N) is 1. The molecule has 41 heavy (non-hydrogen) atoms. The standard InChI is InChI=1S/C32H34ClN5O2S/c1-21-6-10-25(11-7-21)30(31(40)36-27-14-16-28(17-15-27)37(4)5)38(19-24-8-12-26(33)13-9-24)29(39)20-41-32-34-22(2)18-23(3)35-32/h6-18,30H,19-20H2,1-5H3,(H,36,40). The van der Waals surface area contributed by atoms with E-state index in [4.69, 9.17) is 11.6 Å². The van der Waals surface area contributed by atoms with Crippen LogP contribution in [0, 0.1) is 20.8 Å². The first-order valence-corrected chi connectivity index (χ1v) is 14.6. The Labute approximate surface area is 251 Å². The van der Waals surface area contributed by atoms with Gasteiger partial charge in [-0.2, -0.15) is 0 Å². The maximum Gasteiger partial charge on any atom is 0.251 e. The number of thioether (sulfide) groups is 1. The average molecular weight is 588 g/mol. The van der Waals surface area contributed by atoms with Gasteiger partial charge >= 0.3 is 0 Å². The number of carbonyl (C=O) groups is 2. The topological polar surface area (TPSA) is 78.4 Å². The van der Waals surface area contributed by atoms with Gasteiger partial charge in [0, 0.05) is 48.4 Å². The van der Waals surface area contributed by atoms with Crippen molar-refractivity contribution in [2.45, 2.75) is 38.5 Å². The Morgan fingerprint density at radius 1 is 0.878 bits per heavy atom. The van der Waals surface area contributed by atoms with E-state index in [9.17, 15) is 9.59 Å². The van der Waals surface area contributed by atoms with Gasteiger partial charge in [0.2, 0.25) is 5.91 Å². The lowest BCUT2D eigenvalue weighted by molar-refractivity contribution is -0.137. The van der Waals surface area contributed by atoms with Gasteiger partial charge in [-0.1, -0.05) is 65.3 Å². The van der Waals surface area contributed by atoms with Gasteiger partial charge in [-0.25, -0.2) is 9.97 Å². The molecular weight excluding hydrogens is 554 g/mol. The van der Waals surface area contributed by atoms with Crippen LogP contribution in [0.15, 0.2) is 84.0 Å². The fraction of sp³-hybridized carbons (Fsp3) is 0.250. The molecule has 3 aromatic carbocycles. The highest BCUT2D eigenvalue weighted by molar-refractivity contribution is 7.99. The van der Waals surface area contributed by atoms with Gasteiger partial charge < -0.3 is 15.1 Å². The molecule has 1 N–H and O–H groups in total. The predicted octanol–water partition coefficient (Wildman–Crippen LogP) is 6.62. The van der Waals surface area contributed by atoms with E-state index < -0.39 is 6.04 Å². The minimum Gasteiger partial charge on any atom is -0.378 e. The Kier molecular flexibility index (Phi) is 10.0. The zero-order chi connectivity index (χ0) is 29.5. The van der Waals surface area contributed by atoms with E-state index in [1.54, 1.807) is 17.0 Å². The molecule has 4 aromatic rings. The summed E-state index contributed by atoms with van der Waals surface area (Å²) in [5, 5.41) is 4.16. The lowest BCUT2D eigenvalue weighted by Crippen LogP contribution is -2.41. The third-order valence-corrected chi connectivity index (χ3v) is 7.56. The normalized spacial score (nSPS) is 11.6. The molecule has 0 aliphatic rings. The van der Waals surface area contributed by atoms with Gasteiger partial charge in [0.05, 0.1) is 5.75 Å². The molecule has 0 saturated carbocycles. The minimum absolute atomic E-state index is 0.0731. The number of benzene rings is 3. The Balaban J connectivity index is 1.69. The molecule has 1 unspecified atom stereocenters. The van der Waals surface area contributed by atoms with Crippen molar-refractivity contribution in [2.75, 3.05) is 30.1 Å². The van der Waals surface area contributed by atoms with Crippen molar-refractivity contribution in [3.8, 4) is 0 Å². The van der Waals surface area contributed by atoms with E-state index in [1.807, 2.05) is 106 Å². The minimum atomic E-state index is -0.881. The van der Waals surface area contributed by atoms with E-state index >= 15 is 0 Å². The lowest BCUT2D eigenvalue weighted by Gasteiger charge is -2.31. The van der Waals surface area contributed by atoms with E-state index in [0.717, 1.165) is 28.2 Å². The lowest BCUT2D eigenvalue weighted by atomic mass is 10.0. The predicted molar refractivity (Wildman–Crippen MR) is 168 cm³/mol. The van der Waals surface area contributed by atoms with Crippen LogP contribution in [-0.2, 0) is 16.1 Å². The van der Waals surface area contributed by atoms with Crippen molar-refractivity contribution in [1.29, 1.82) is 0 Å². The summed E-state index contributed by atoms with van der Waals surface area (Å²) in [6, 6.07) is 23.6. The quantitative estimate of drug-likeness (QED) is 0.166. The Morgan fingerprint density at radius 3 is 2.07 bits per heavy atom. The number of amides is 2. The first kappa shape index (κ1) is 30.1. The Bertz CT molecular complexity index is 1470. The molecule has 0 aliphatic heterocycles. The number of halogens is 1. The zero-order valence-electron chi connectivity index (χ0n) is 23.9. The molecular formula is C32H34ClN5O2S. The second-order valence-corrected chi connectivity index (χ2v) is 11.5. The summed E-state index contributed by atoms with van der Waals surface area (Å²) in [4.78, 5) is 40.5. The number of carbonyl (C=O) groups excluding carboxylic acids is 2. The van der Waals surface area contributed by atoms with E-state index in [2.05, 4.69) is 15.3 Å². The SMILES string of the molecule is Cc1ccc(C(C(=O)Nc2ccc(N(C)C)cc2)N(Cc2ccc(Cl)cc2)C(=O)CSc2nc(C)cc(C)n2)cc1. The van der Waals surface area contributed by atoms with Crippen LogP contribution in [0.1, 0.15) is 34.1 Å². The maximum absolute atomic E-state index is 14.0. The molecule has 1 atom stereocenters. The number of hydrogen-bond donors (Lipinski definition) is 1. The molecule has 0 spiro atoms. The van der Waals surface area contributed by atoms with Crippen molar-refractivity contribution in [3.05, 3.63) is 112 Å². The van der Waals surface area contributed by atoms with Crippen molar-refractivity contribution < 1.29 is 9.59 Å². The second-order valence-electron chi connectivity index (χ2n) is 10.1. The van der Waals surface area contributed by atoms with Gasteiger partial charge in [0.15, 0.2) is 5.16 Å². The fourth-order valence-electron chi connectivity index (χ4n) is 4.35. The number of rotatable bonds is 10. The monoisotopic (exact) mass is 587 g/mol. The van der Waals surface area contributed by atoms with Gasteiger partial charge in [-0.3, -0.25) is 9.59 Å². The highest BCUT2D eigenvalue weighted by Gasteiger charge is 2.32. The summed E-state index contributed by atoms with van der Waals surface area (Å²) in [6.45, 7) is 6.00. The first-order chi connectivity index (χ1) is 19.6. The summed E-state index contributed by atoms with van der Waals surface area (Å²) >= 11 is 7.40. The van der Waals surface area contributed by atoms with Gasteiger partial charge in [-0.05, 0) is 74.4 Å². The van der Waals surface area contributed by atoms with Gasteiger partial charge in [0.1, 0.15) is 6.04 Å². The second kappa shape index (κ2) is 13.7. The van der Waals surface area contributed by atoms with Crippen molar-refractivity contribution in [1.82, 2.24) is 14.9 Å². The van der Waals surface area contributed by atoms with E-state index in [1.165, 1.54) is 11.8 Å². The Morgan fingerprint density at radius 2 is 1.49 bits per heavy atom. The largest absolute Gasteiger partial charge is 0.378 e. The van der Waals surface area contributed by atoms with Crippen LogP contribution in [-0.4, -0.2) is 46.5 Å². The van der Waals surface area contributed by atoms with Crippen molar-refractivity contribution >= 4 is 46.6 Å². The maximum atomic E-state index is 14.0. The molecule has 9 heteroatoms. The van der Waals surface area contributed by atoms with Crippen LogP contribution in [0.2, 0.25) is 5.02 Å². The van der Waals surface area contributed by atoms with Crippen molar-refractivity contribution in [3.63, 3.8) is 0 Å². The molecule has 0 bridgehead atoms. The van der Waals surface area contributed by atoms with Crippen LogP contribution in [0.4, 0.5) is 11.4 Å². The molecule has 1 heterocycles. The van der Waals surface area contributed by atoms with Crippen LogP contribution in [0.5, 0.6) is 0 Å². The molecule has 7 nitrogen and oxygen atoms in total. The van der Waals surface area contributed by atoms with E-state index in [0.29, 0.717) is 21.4 Å². The third kappa shape index (κ3) is 8.31. The molecule has 0 saturated heterocycles. The highest BCUT2D eigenvalue weighted by atomic mass is 35.5. The van der Waals surface area contributed by atoms with Crippen molar-refractivity contribution in [2.24, 2.45) is 0 Å². The van der Waals surface area contributed by atoms with Crippen LogP contribution >= 0.6 is 23.4 Å². The molecule has 0 radical (unpaired) electrons. The van der Waals surface area contributed by atoms with Crippen LogP contribution in [0.3, 0.4) is 0 Å². The fourth-order valence-corrected chi connectivity index (χ4v) is 5.31. The highest BCUT2D eigenvalue weighted by Crippen LogP contribution is 2.28. The zero-order valence-corrected chi connectivity index (χ0v) is 25.5. The number of hydrogen-bond acceptors (Lipinski definition) is 6. The number of anilines is 2. The van der Waals surface area contributed by atoms with E-state index in [-0.39, 0.29) is 24.1 Å². The molecule has 0 aliphatic carbocycles. The summed E-state index contributed by atoms with van der Waals surface area (Å²) < 4.78 is 0. The van der Waals surface area contributed by atoms with Gasteiger partial charge in [-0.15, -0.1) is 0 Å². The molecule has 2 amide bonds. The smallest absolute Gasteiger partial charge is 0.251 e. The summed E-state index contributed by atoms with van der Waals surface area (Å²) in [7, 11) is 3.92. The van der Waals surface area contributed by atoms with Crippen LogP contribution in [0.25, 0.3) is 0 Å². The molecule has 0 fully saturated rings. The summed E-state index contributed by atoms with van der Waals surface area (Å²) in [5.41, 5.74) is 5.97. The number of aromatic nitrogens is 2. The van der Waals surface area contributed by atoms with Gasteiger partial charge in [0.25, 0.3) is 5.91 Å². The first-order valence-electron chi connectivity index (χ1n) is 13.2. The average Bonchev–Trinajstić information content (AvgIpc) is 2.93. The third-order valence-electron chi connectivity index (χ3n) is 6.48. The molecule has 1 aromatic heterocycles. The Hall–Kier alpha value is -3.88. The summed E-state index contributed by atoms with van der Waals surface area (Å²) in [5.74, 6) is -0.443. The molecule has 4 rings (SSSR count). The molecule has 212 valence electrons. The number of aryl methyl sites for hydroxylation is 3.